The Morgan fingerprint density at radius 2 is 1.95 bits per heavy atom. The maximum absolute atomic E-state index is 13.8. The highest BCUT2D eigenvalue weighted by atomic mass is 32.1. The lowest BCUT2D eigenvalue weighted by Gasteiger charge is -2.36. The van der Waals surface area contributed by atoms with Crippen LogP contribution in [0.1, 0.15) is 57.7 Å². The third kappa shape index (κ3) is 4.49. The number of fused-ring (bicyclic) bond motifs is 2. The number of H-pyrrole nitrogens is 1. The van der Waals surface area contributed by atoms with Crippen molar-refractivity contribution in [2.45, 2.75) is 38.9 Å². The minimum absolute atomic E-state index is 0.118. The molecular formula is C28H27F3N6OS. The Balaban J connectivity index is 1.35. The number of aryl methyl sites for hydroxylation is 1. The number of piperazine rings is 1. The fourth-order valence-electron chi connectivity index (χ4n) is 5.39. The predicted molar refractivity (Wildman–Crippen MR) is 145 cm³/mol. The number of halogens is 3. The van der Waals surface area contributed by atoms with Crippen molar-refractivity contribution >= 4 is 33.1 Å². The van der Waals surface area contributed by atoms with Gasteiger partial charge >= 0.3 is 6.18 Å². The van der Waals surface area contributed by atoms with Gasteiger partial charge in [0.2, 0.25) is 0 Å². The first-order chi connectivity index (χ1) is 18.6. The van der Waals surface area contributed by atoms with E-state index in [4.69, 9.17) is 0 Å². The minimum Gasteiger partial charge on any atom is -0.354 e. The van der Waals surface area contributed by atoms with Gasteiger partial charge in [0.05, 0.1) is 32.4 Å². The molecule has 1 fully saturated rings. The lowest BCUT2D eigenvalue weighted by atomic mass is 9.99. The Hall–Kier alpha value is -3.70. The van der Waals surface area contributed by atoms with Crippen molar-refractivity contribution in [3.8, 4) is 11.3 Å². The molecule has 1 aromatic carbocycles. The molecule has 4 aromatic heterocycles. The molecule has 1 unspecified atom stereocenters. The van der Waals surface area contributed by atoms with Gasteiger partial charge in [-0.1, -0.05) is 26.0 Å². The number of carbonyl (C=O) groups is 1. The summed E-state index contributed by atoms with van der Waals surface area (Å²) in [5, 5.41) is 7.57. The number of hydrogen-bond donors (Lipinski definition) is 2. The van der Waals surface area contributed by atoms with Crippen LogP contribution in [-0.2, 0) is 6.18 Å². The topological polar surface area (TPSA) is 78.3 Å². The summed E-state index contributed by atoms with van der Waals surface area (Å²) in [6, 6.07) is 8.72. The Morgan fingerprint density at radius 3 is 2.67 bits per heavy atom. The Labute approximate surface area is 226 Å². The summed E-state index contributed by atoms with van der Waals surface area (Å²) in [4.78, 5) is 24.0. The first-order valence-corrected chi connectivity index (χ1v) is 13.6. The van der Waals surface area contributed by atoms with Crippen LogP contribution in [0.5, 0.6) is 0 Å². The van der Waals surface area contributed by atoms with Crippen LogP contribution in [0.2, 0.25) is 0 Å². The minimum atomic E-state index is -4.40. The highest BCUT2D eigenvalue weighted by Gasteiger charge is 2.33. The normalized spacial score (nSPS) is 16.6. The lowest BCUT2D eigenvalue weighted by Crippen LogP contribution is -2.48. The largest absolute Gasteiger partial charge is 0.416 e. The molecule has 1 aliphatic heterocycles. The summed E-state index contributed by atoms with van der Waals surface area (Å²) in [5.74, 6) is 0.0771. The number of carbonyl (C=O) groups excluding carboxylic acids is 1. The van der Waals surface area contributed by atoms with Gasteiger partial charge in [0.15, 0.2) is 5.65 Å². The molecule has 39 heavy (non-hydrogen) atoms. The molecule has 1 amide bonds. The van der Waals surface area contributed by atoms with Crippen molar-refractivity contribution < 1.29 is 18.0 Å². The molecule has 1 saturated heterocycles. The zero-order valence-electron chi connectivity index (χ0n) is 21.6. The van der Waals surface area contributed by atoms with E-state index in [1.807, 2.05) is 19.2 Å². The summed E-state index contributed by atoms with van der Waals surface area (Å²) < 4.78 is 42.0. The number of nitrogens with zero attached hydrogens (tertiary/aromatic N) is 4. The van der Waals surface area contributed by atoms with Crippen molar-refractivity contribution in [1.29, 1.82) is 0 Å². The summed E-state index contributed by atoms with van der Waals surface area (Å²) in [6.07, 6.45) is -0.906. The third-order valence-electron chi connectivity index (χ3n) is 7.27. The smallest absolute Gasteiger partial charge is 0.354 e. The Morgan fingerprint density at radius 1 is 1.18 bits per heavy atom. The Bertz CT molecular complexity index is 1680. The number of amides is 1. The third-order valence-corrected chi connectivity index (χ3v) is 8.43. The van der Waals surface area contributed by atoms with Crippen molar-refractivity contribution in [3.63, 3.8) is 0 Å². The second-order valence-corrected chi connectivity index (χ2v) is 11.3. The van der Waals surface area contributed by atoms with E-state index in [-0.39, 0.29) is 17.9 Å². The number of alkyl halides is 3. The van der Waals surface area contributed by atoms with Gasteiger partial charge in [-0.05, 0) is 53.8 Å². The summed E-state index contributed by atoms with van der Waals surface area (Å²) in [7, 11) is 0. The standard InChI is InChI=1S/C28H27F3N6OS/c1-15(2)23-24(18-10-16(3)26-33-14-34-37(26)13-18)35-20-11-22(39-25(20)23)27(38)36-9-8-32-12-21(36)17-4-6-19(7-5-17)28(29,30)31/h4-7,10-11,13-15,21,32,35H,8-9,12H2,1-3H3. The molecule has 0 spiro atoms. The summed E-state index contributed by atoms with van der Waals surface area (Å²) in [5.41, 5.74) is 5.81. The molecule has 0 saturated carbocycles. The quantitative estimate of drug-likeness (QED) is 0.279. The van der Waals surface area contributed by atoms with Crippen LogP contribution >= 0.6 is 11.3 Å². The second kappa shape index (κ2) is 9.49. The average Bonchev–Trinajstić information content (AvgIpc) is 3.62. The highest BCUT2D eigenvalue weighted by Crippen LogP contribution is 2.41. The van der Waals surface area contributed by atoms with Gasteiger partial charge in [0, 0.05) is 31.4 Å². The predicted octanol–water partition coefficient (Wildman–Crippen LogP) is 6.18. The molecule has 0 aliphatic carbocycles. The van der Waals surface area contributed by atoms with Crippen LogP contribution in [0.15, 0.2) is 48.9 Å². The van der Waals surface area contributed by atoms with E-state index >= 15 is 0 Å². The summed E-state index contributed by atoms with van der Waals surface area (Å²) >= 11 is 1.46. The van der Waals surface area contributed by atoms with E-state index in [1.165, 1.54) is 29.8 Å². The second-order valence-electron chi connectivity index (χ2n) is 10.2. The first kappa shape index (κ1) is 25.6. The zero-order chi connectivity index (χ0) is 27.5. The molecule has 1 aliphatic rings. The molecule has 2 N–H and O–H groups in total. The van der Waals surface area contributed by atoms with Gasteiger partial charge in [-0.3, -0.25) is 4.79 Å². The van der Waals surface area contributed by atoms with E-state index in [9.17, 15) is 18.0 Å². The molecule has 202 valence electrons. The maximum atomic E-state index is 13.8. The van der Waals surface area contributed by atoms with E-state index in [0.717, 1.165) is 50.4 Å². The van der Waals surface area contributed by atoms with Crippen LogP contribution < -0.4 is 5.32 Å². The zero-order valence-corrected chi connectivity index (χ0v) is 22.5. The molecule has 6 rings (SSSR count). The van der Waals surface area contributed by atoms with Crippen LogP contribution in [0.4, 0.5) is 13.2 Å². The number of rotatable bonds is 4. The number of nitrogens with one attached hydrogen (secondary N) is 2. The van der Waals surface area contributed by atoms with Crippen molar-refractivity contribution in [1.82, 2.24) is 29.8 Å². The maximum Gasteiger partial charge on any atom is 0.416 e. The molecule has 0 bridgehead atoms. The van der Waals surface area contributed by atoms with Crippen molar-refractivity contribution in [3.05, 3.63) is 76.1 Å². The first-order valence-electron chi connectivity index (χ1n) is 12.8. The Kier molecular flexibility index (Phi) is 6.22. The van der Waals surface area contributed by atoms with Crippen molar-refractivity contribution in [2.24, 2.45) is 0 Å². The summed E-state index contributed by atoms with van der Waals surface area (Å²) in [6.45, 7) is 7.83. The number of aromatic amines is 1. The fraction of sp³-hybridized carbons (Fsp3) is 0.321. The number of hydrogen-bond acceptors (Lipinski definition) is 5. The number of pyridine rings is 1. The molecule has 0 radical (unpaired) electrons. The van der Waals surface area contributed by atoms with Gasteiger partial charge in [-0.15, -0.1) is 11.3 Å². The van der Waals surface area contributed by atoms with Crippen LogP contribution in [0, 0.1) is 6.92 Å². The van der Waals surface area contributed by atoms with Gasteiger partial charge in [0.25, 0.3) is 5.91 Å². The SMILES string of the molecule is Cc1cc(-c2[nH]c3cc(C(=O)N4CCNCC4c4ccc(C(F)(F)F)cc4)sc3c2C(C)C)cn2ncnc12. The van der Waals surface area contributed by atoms with Crippen LogP contribution in [0.3, 0.4) is 0 Å². The van der Waals surface area contributed by atoms with Gasteiger partial charge < -0.3 is 15.2 Å². The molecule has 5 heterocycles. The van der Waals surface area contributed by atoms with Crippen molar-refractivity contribution in [2.75, 3.05) is 19.6 Å². The fourth-order valence-corrected chi connectivity index (χ4v) is 6.66. The lowest BCUT2D eigenvalue weighted by molar-refractivity contribution is -0.137. The van der Waals surface area contributed by atoms with Gasteiger partial charge in [-0.25, -0.2) is 9.50 Å². The molecule has 1 atom stereocenters. The number of thiophene rings is 1. The molecule has 11 heteroatoms. The van der Waals surface area contributed by atoms with Gasteiger partial charge in [-0.2, -0.15) is 18.3 Å². The highest BCUT2D eigenvalue weighted by molar-refractivity contribution is 7.21. The van der Waals surface area contributed by atoms with Gasteiger partial charge in [0.1, 0.15) is 6.33 Å². The molecular weight excluding hydrogens is 525 g/mol. The monoisotopic (exact) mass is 552 g/mol. The van der Waals surface area contributed by atoms with E-state index < -0.39 is 11.7 Å². The van der Waals surface area contributed by atoms with E-state index in [0.29, 0.717) is 30.1 Å². The van der Waals surface area contributed by atoms with E-state index in [2.05, 4.69) is 40.3 Å². The van der Waals surface area contributed by atoms with Crippen LogP contribution in [0.25, 0.3) is 27.1 Å². The average molecular weight is 553 g/mol. The number of aromatic nitrogens is 4. The molecule has 7 nitrogen and oxygen atoms in total. The van der Waals surface area contributed by atoms with Crippen LogP contribution in [-0.4, -0.2) is 50.0 Å². The molecule has 5 aromatic rings. The van der Waals surface area contributed by atoms with E-state index in [1.54, 1.807) is 9.42 Å². The number of benzene rings is 1.